The van der Waals surface area contributed by atoms with Gasteiger partial charge in [0.05, 0.1) is 0 Å². The molecular formula is C8H8F8N2O4. The van der Waals surface area contributed by atoms with Crippen molar-refractivity contribution >= 4 is 12.2 Å². The lowest BCUT2D eigenvalue weighted by Gasteiger charge is -2.35. The van der Waals surface area contributed by atoms with E-state index in [1.54, 1.807) is 0 Å². The van der Waals surface area contributed by atoms with Crippen LogP contribution in [0.25, 0.3) is 0 Å². The molecule has 6 nitrogen and oxygen atoms in total. The number of ether oxygens (including phenoxy) is 2. The molecule has 0 aromatic rings. The molecule has 4 N–H and O–H groups in total. The molecule has 0 saturated heterocycles. The van der Waals surface area contributed by atoms with Crippen LogP contribution in [0.15, 0.2) is 0 Å². The Morgan fingerprint density at radius 3 is 1.09 bits per heavy atom. The minimum absolute atomic E-state index is 2.03. The molecule has 0 aromatic heterocycles. The number of primary amides is 2. The minimum atomic E-state index is -6.68. The normalized spacial score (nSPS) is 13.6. The van der Waals surface area contributed by atoms with Gasteiger partial charge in [0, 0.05) is 0 Å². The lowest BCUT2D eigenvalue weighted by atomic mass is 9.99. The number of rotatable bonds is 7. The summed E-state index contributed by atoms with van der Waals surface area (Å²) in [5, 5.41) is 0. The van der Waals surface area contributed by atoms with Gasteiger partial charge in [0.2, 0.25) is 0 Å². The van der Waals surface area contributed by atoms with Crippen LogP contribution in [0, 0.1) is 0 Å². The largest absolute Gasteiger partial charge is 0.443 e. The van der Waals surface area contributed by atoms with Gasteiger partial charge >= 0.3 is 35.9 Å². The van der Waals surface area contributed by atoms with Gasteiger partial charge in [-0.3, -0.25) is 0 Å². The molecule has 0 radical (unpaired) electrons. The van der Waals surface area contributed by atoms with Crippen LogP contribution in [-0.2, 0) is 9.47 Å². The summed E-state index contributed by atoms with van der Waals surface area (Å²) >= 11 is 0. The van der Waals surface area contributed by atoms with Crippen molar-refractivity contribution in [3.05, 3.63) is 0 Å². The first-order valence-corrected chi connectivity index (χ1v) is 4.94. The molecule has 130 valence electrons. The van der Waals surface area contributed by atoms with E-state index < -0.39 is 49.1 Å². The van der Waals surface area contributed by atoms with E-state index in [1.165, 1.54) is 0 Å². The van der Waals surface area contributed by atoms with E-state index in [9.17, 15) is 44.7 Å². The van der Waals surface area contributed by atoms with Crippen molar-refractivity contribution in [1.82, 2.24) is 0 Å². The highest BCUT2D eigenvalue weighted by molar-refractivity contribution is 5.64. The second kappa shape index (κ2) is 6.00. The van der Waals surface area contributed by atoms with Gasteiger partial charge in [0.25, 0.3) is 0 Å². The molecule has 0 unspecified atom stereocenters. The van der Waals surface area contributed by atoms with Crippen LogP contribution >= 0.6 is 0 Å². The summed E-state index contributed by atoms with van der Waals surface area (Å²) in [6.45, 7) is -5.37. The molecule has 0 spiro atoms. The maximum absolute atomic E-state index is 13.1. The van der Waals surface area contributed by atoms with Gasteiger partial charge in [-0.2, -0.15) is 35.1 Å². The lowest BCUT2D eigenvalue weighted by molar-refractivity contribution is -0.373. The number of carbonyl (C=O) groups excluding carboxylic acids is 2. The number of hydrogen-bond acceptors (Lipinski definition) is 4. The first-order chi connectivity index (χ1) is 9.58. The summed E-state index contributed by atoms with van der Waals surface area (Å²) in [5.41, 5.74) is 8.34. The lowest BCUT2D eigenvalue weighted by Crippen LogP contribution is -2.64. The number of hydrogen-bond donors (Lipinski definition) is 2. The topological polar surface area (TPSA) is 105 Å². The molecule has 0 atom stereocenters. The van der Waals surface area contributed by atoms with E-state index in [4.69, 9.17) is 0 Å². The molecule has 14 heteroatoms. The minimum Gasteiger partial charge on any atom is -0.443 e. The van der Waals surface area contributed by atoms with Gasteiger partial charge in [0.15, 0.2) is 13.2 Å². The quantitative estimate of drug-likeness (QED) is 0.684. The standard InChI is InChI=1S/C8H8F8N2O4/c9-5(10,1-21-3(17)19)7(13,14)8(15,16)6(11,12)2-22-4(18)20/h1-2H2,(H2,17,19)(H2,18,20). The van der Waals surface area contributed by atoms with Gasteiger partial charge in [-0.25, -0.2) is 9.59 Å². The van der Waals surface area contributed by atoms with Crippen molar-refractivity contribution < 1.29 is 54.2 Å². The third-order valence-corrected chi connectivity index (χ3v) is 2.10. The van der Waals surface area contributed by atoms with Crippen molar-refractivity contribution in [2.75, 3.05) is 13.2 Å². The Bertz CT molecular complexity index is 402. The first-order valence-electron chi connectivity index (χ1n) is 4.94. The second-order valence-electron chi connectivity index (χ2n) is 3.77. The number of nitrogens with two attached hydrogens (primary N) is 2. The van der Waals surface area contributed by atoms with Crippen LogP contribution < -0.4 is 11.5 Å². The molecule has 22 heavy (non-hydrogen) atoms. The highest BCUT2D eigenvalue weighted by Gasteiger charge is 2.81. The molecule has 2 amide bonds. The Morgan fingerprint density at radius 1 is 0.682 bits per heavy atom. The number of amides is 2. The summed E-state index contributed by atoms with van der Waals surface area (Å²) in [6.07, 6.45) is -4.05. The van der Waals surface area contributed by atoms with Crippen LogP contribution in [0.1, 0.15) is 0 Å². The molecular weight excluding hydrogens is 340 g/mol. The van der Waals surface area contributed by atoms with Gasteiger partial charge in [-0.1, -0.05) is 0 Å². The van der Waals surface area contributed by atoms with Crippen molar-refractivity contribution in [2.24, 2.45) is 11.5 Å². The average Bonchev–Trinajstić information content (AvgIpc) is 2.33. The van der Waals surface area contributed by atoms with Crippen LogP contribution in [-0.4, -0.2) is 49.1 Å². The fourth-order valence-electron chi connectivity index (χ4n) is 0.964. The van der Waals surface area contributed by atoms with Crippen LogP contribution in [0.2, 0.25) is 0 Å². The Labute approximate surface area is 116 Å². The SMILES string of the molecule is NC(=O)OCC(F)(F)C(F)(F)C(F)(F)C(F)(F)COC(N)=O. The fourth-order valence-corrected chi connectivity index (χ4v) is 0.964. The summed E-state index contributed by atoms with van der Waals surface area (Å²) in [5.74, 6) is -25.2. The molecule has 0 aliphatic rings. The van der Waals surface area contributed by atoms with Gasteiger partial charge in [-0.15, -0.1) is 0 Å². The fraction of sp³-hybridized carbons (Fsp3) is 0.750. The maximum Gasteiger partial charge on any atom is 0.404 e. The number of alkyl halides is 8. The van der Waals surface area contributed by atoms with Crippen LogP contribution in [0.5, 0.6) is 0 Å². The van der Waals surface area contributed by atoms with E-state index in [1.807, 2.05) is 0 Å². The van der Waals surface area contributed by atoms with Crippen LogP contribution in [0.3, 0.4) is 0 Å². The maximum atomic E-state index is 13.1. The Kier molecular flexibility index (Phi) is 5.45. The zero-order valence-corrected chi connectivity index (χ0v) is 10.2. The molecule has 0 bridgehead atoms. The smallest absolute Gasteiger partial charge is 0.404 e. The summed E-state index contributed by atoms with van der Waals surface area (Å²) in [6, 6.07) is 0. The Balaban J connectivity index is 5.43. The van der Waals surface area contributed by atoms with E-state index in [0.29, 0.717) is 0 Å². The van der Waals surface area contributed by atoms with Gasteiger partial charge in [0.1, 0.15) is 0 Å². The monoisotopic (exact) mass is 348 g/mol. The number of halogens is 8. The second-order valence-corrected chi connectivity index (χ2v) is 3.77. The van der Waals surface area contributed by atoms with E-state index in [-0.39, 0.29) is 0 Å². The van der Waals surface area contributed by atoms with Crippen LogP contribution in [0.4, 0.5) is 44.7 Å². The van der Waals surface area contributed by atoms with Crippen molar-refractivity contribution in [1.29, 1.82) is 0 Å². The van der Waals surface area contributed by atoms with Crippen molar-refractivity contribution in [3.8, 4) is 0 Å². The van der Waals surface area contributed by atoms with Gasteiger partial charge in [-0.05, 0) is 0 Å². The molecule has 0 rings (SSSR count). The Hall–Kier alpha value is -2.02. The summed E-state index contributed by atoms with van der Waals surface area (Å²) < 4.78 is 111. The molecule has 0 fully saturated rings. The predicted octanol–water partition coefficient (Wildman–Crippen LogP) is 1.72. The molecule has 0 aromatic carbocycles. The van der Waals surface area contributed by atoms with Gasteiger partial charge < -0.3 is 20.9 Å². The third-order valence-electron chi connectivity index (χ3n) is 2.10. The summed E-state index contributed by atoms with van der Waals surface area (Å²) in [7, 11) is 0. The average molecular weight is 348 g/mol. The van der Waals surface area contributed by atoms with Crippen molar-refractivity contribution in [3.63, 3.8) is 0 Å². The van der Waals surface area contributed by atoms with Crippen molar-refractivity contribution in [2.45, 2.75) is 23.7 Å². The molecule has 0 heterocycles. The molecule has 0 saturated carbocycles. The summed E-state index contributed by atoms with van der Waals surface area (Å²) in [4.78, 5) is 20.0. The number of carbonyl (C=O) groups is 2. The zero-order valence-electron chi connectivity index (χ0n) is 10.2. The van der Waals surface area contributed by atoms with E-state index in [0.717, 1.165) is 0 Å². The predicted molar refractivity (Wildman–Crippen MR) is 50.9 cm³/mol. The highest BCUT2D eigenvalue weighted by Crippen LogP contribution is 2.52. The molecule has 0 aliphatic carbocycles. The molecule has 0 aliphatic heterocycles. The highest BCUT2D eigenvalue weighted by atomic mass is 19.4. The van der Waals surface area contributed by atoms with E-state index in [2.05, 4.69) is 20.9 Å². The Morgan fingerprint density at radius 2 is 0.909 bits per heavy atom. The van der Waals surface area contributed by atoms with E-state index >= 15 is 0 Å². The zero-order chi connectivity index (χ0) is 18.0. The third kappa shape index (κ3) is 3.79. The first kappa shape index (κ1) is 20.0.